The van der Waals surface area contributed by atoms with Crippen LogP contribution in [-0.4, -0.2) is 19.6 Å². The maximum atomic E-state index is 12.2. The van der Waals surface area contributed by atoms with E-state index in [9.17, 15) is 13.5 Å². The van der Waals surface area contributed by atoms with Crippen LogP contribution in [0.15, 0.2) is 29.2 Å². The number of aliphatic hydroxyl groups is 1. The third kappa shape index (κ3) is 2.74. The fraction of sp³-hybridized carbons (Fsp3) is 0.538. The summed E-state index contributed by atoms with van der Waals surface area (Å²) in [6.07, 6.45) is 0.194. The van der Waals surface area contributed by atoms with Crippen molar-refractivity contribution in [2.75, 3.05) is 0 Å². The Labute approximate surface area is 108 Å². The molecule has 0 aliphatic heterocycles. The number of nitrogens with one attached hydrogen (secondary N) is 1. The van der Waals surface area contributed by atoms with Crippen molar-refractivity contribution in [3.63, 3.8) is 0 Å². The first kappa shape index (κ1) is 13.5. The average Bonchev–Trinajstić information content (AvgIpc) is 2.85. The molecule has 1 aromatic rings. The van der Waals surface area contributed by atoms with Gasteiger partial charge in [-0.1, -0.05) is 26.0 Å². The zero-order valence-electron chi connectivity index (χ0n) is 10.8. The molecule has 0 saturated heterocycles. The molecule has 0 bridgehead atoms. The lowest BCUT2D eigenvalue weighted by molar-refractivity contribution is 0.199. The number of hydrogen-bond acceptors (Lipinski definition) is 3. The van der Waals surface area contributed by atoms with Gasteiger partial charge >= 0.3 is 0 Å². The van der Waals surface area contributed by atoms with E-state index in [1.165, 1.54) is 6.07 Å². The SMILES string of the molecule is CC(O)c1cccc(S(=O)(=O)NC2CC2(C)C)c1. The highest BCUT2D eigenvalue weighted by Gasteiger charge is 2.47. The Balaban J connectivity index is 2.22. The first-order valence-electron chi connectivity index (χ1n) is 6.03. The van der Waals surface area contributed by atoms with E-state index in [1.54, 1.807) is 25.1 Å². The summed E-state index contributed by atoms with van der Waals surface area (Å²) in [6.45, 7) is 5.68. The van der Waals surface area contributed by atoms with Crippen molar-refractivity contribution in [2.45, 2.75) is 44.2 Å². The van der Waals surface area contributed by atoms with Crippen molar-refractivity contribution in [3.8, 4) is 0 Å². The maximum absolute atomic E-state index is 12.2. The molecular formula is C13H19NO3S. The highest BCUT2D eigenvalue weighted by atomic mass is 32.2. The van der Waals surface area contributed by atoms with Crippen molar-refractivity contribution < 1.29 is 13.5 Å². The number of sulfonamides is 1. The summed E-state index contributed by atoms with van der Waals surface area (Å²) in [5.74, 6) is 0. The number of benzene rings is 1. The Morgan fingerprint density at radius 3 is 2.56 bits per heavy atom. The predicted octanol–water partition coefficient (Wildman–Crippen LogP) is 1.82. The van der Waals surface area contributed by atoms with Crippen molar-refractivity contribution in [3.05, 3.63) is 29.8 Å². The van der Waals surface area contributed by atoms with Crippen LogP contribution in [0.4, 0.5) is 0 Å². The van der Waals surface area contributed by atoms with Crippen molar-refractivity contribution in [2.24, 2.45) is 5.41 Å². The minimum absolute atomic E-state index is 0.0118. The van der Waals surface area contributed by atoms with Gasteiger partial charge in [-0.15, -0.1) is 0 Å². The van der Waals surface area contributed by atoms with Crippen LogP contribution < -0.4 is 4.72 Å². The van der Waals surface area contributed by atoms with Crippen molar-refractivity contribution in [1.82, 2.24) is 4.72 Å². The second-order valence-corrected chi connectivity index (χ2v) is 7.33. The van der Waals surface area contributed by atoms with Gasteiger partial charge in [-0.25, -0.2) is 13.1 Å². The Kier molecular flexibility index (Phi) is 3.25. The fourth-order valence-electron chi connectivity index (χ4n) is 1.87. The van der Waals surface area contributed by atoms with Crippen LogP contribution in [0.3, 0.4) is 0 Å². The first-order valence-corrected chi connectivity index (χ1v) is 7.51. The topological polar surface area (TPSA) is 66.4 Å². The van der Waals surface area contributed by atoms with Gasteiger partial charge in [0.2, 0.25) is 10.0 Å². The zero-order chi connectivity index (χ0) is 13.6. The molecule has 4 nitrogen and oxygen atoms in total. The standard InChI is InChI=1S/C13H19NO3S/c1-9(15)10-5-4-6-11(7-10)18(16,17)14-12-8-13(12,2)3/h4-7,9,12,14-15H,8H2,1-3H3. The monoisotopic (exact) mass is 269 g/mol. The molecule has 1 aliphatic carbocycles. The largest absolute Gasteiger partial charge is 0.389 e. The Bertz CT molecular complexity index is 549. The summed E-state index contributed by atoms with van der Waals surface area (Å²) in [6, 6.07) is 6.43. The molecular weight excluding hydrogens is 250 g/mol. The zero-order valence-corrected chi connectivity index (χ0v) is 11.7. The molecule has 1 saturated carbocycles. The van der Waals surface area contributed by atoms with Crippen molar-refractivity contribution in [1.29, 1.82) is 0 Å². The van der Waals surface area contributed by atoms with E-state index in [0.29, 0.717) is 5.56 Å². The van der Waals surface area contributed by atoms with E-state index in [1.807, 2.05) is 13.8 Å². The second kappa shape index (κ2) is 4.33. The summed E-state index contributed by atoms with van der Waals surface area (Å²) in [4.78, 5) is 0.212. The first-order chi connectivity index (χ1) is 8.22. The molecule has 5 heteroatoms. The number of hydrogen-bond donors (Lipinski definition) is 2. The molecule has 2 unspecified atom stereocenters. The molecule has 2 rings (SSSR count). The molecule has 0 spiro atoms. The molecule has 0 heterocycles. The summed E-state index contributed by atoms with van der Waals surface area (Å²) in [5, 5.41) is 9.48. The van der Waals surface area contributed by atoms with Gasteiger partial charge in [-0.05, 0) is 36.5 Å². The maximum Gasteiger partial charge on any atom is 0.240 e. The highest BCUT2D eigenvalue weighted by molar-refractivity contribution is 7.89. The van der Waals surface area contributed by atoms with Gasteiger partial charge in [-0.3, -0.25) is 0 Å². The molecule has 2 N–H and O–H groups in total. The van der Waals surface area contributed by atoms with E-state index in [2.05, 4.69) is 4.72 Å². The third-order valence-electron chi connectivity index (χ3n) is 3.46. The quantitative estimate of drug-likeness (QED) is 0.876. The molecule has 1 aromatic carbocycles. The van der Waals surface area contributed by atoms with E-state index in [4.69, 9.17) is 0 Å². The molecule has 1 aliphatic rings. The van der Waals surface area contributed by atoms with E-state index in [-0.39, 0.29) is 16.4 Å². The van der Waals surface area contributed by atoms with Gasteiger partial charge in [-0.2, -0.15) is 0 Å². The van der Waals surface area contributed by atoms with E-state index >= 15 is 0 Å². The average molecular weight is 269 g/mol. The van der Waals surface area contributed by atoms with E-state index < -0.39 is 16.1 Å². The third-order valence-corrected chi connectivity index (χ3v) is 4.93. The minimum atomic E-state index is -3.49. The van der Waals surface area contributed by atoms with Gasteiger partial charge in [0.1, 0.15) is 0 Å². The van der Waals surface area contributed by atoms with Crippen LogP contribution in [-0.2, 0) is 10.0 Å². The van der Waals surface area contributed by atoms with E-state index in [0.717, 1.165) is 6.42 Å². The summed E-state index contributed by atoms with van der Waals surface area (Å²) >= 11 is 0. The molecule has 0 radical (unpaired) electrons. The highest BCUT2D eigenvalue weighted by Crippen LogP contribution is 2.45. The Hall–Kier alpha value is -0.910. The van der Waals surface area contributed by atoms with Gasteiger partial charge in [0, 0.05) is 6.04 Å². The predicted molar refractivity (Wildman–Crippen MR) is 69.6 cm³/mol. The Morgan fingerprint density at radius 1 is 1.44 bits per heavy atom. The van der Waals surface area contributed by atoms with Gasteiger partial charge in [0.15, 0.2) is 0 Å². The molecule has 18 heavy (non-hydrogen) atoms. The van der Waals surface area contributed by atoms with Crippen molar-refractivity contribution >= 4 is 10.0 Å². The summed E-state index contributed by atoms with van der Waals surface area (Å²) in [5.41, 5.74) is 0.655. The van der Waals surface area contributed by atoms with Gasteiger partial charge < -0.3 is 5.11 Å². The van der Waals surface area contributed by atoms with Crippen LogP contribution >= 0.6 is 0 Å². The van der Waals surface area contributed by atoms with Crippen LogP contribution in [0.25, 0.3) is 0 Å². The Morgan fingerprint density at radius 2 is 2.06 bits per heavy atom. The van der Waals surface area contributed by atoms with Crippen LogP contribution in [0.5, 0.6) is 0 Å². The molecule has 2 atom stereocenters. The molecule has 0 aromatic heterocycles. The lowest BCUT2D eigenvalue weighted by atomic mass is 10.1. The van der Waals surface area contributed by atoms with Crippen LogP contribution in [0.1, 0.15) is 38.9 Å². The van der Waals surface area contributed by atoms with Crippen LogP contribution in [0, 0.1) is 5.41 Å². The lowest BCUT2D eigenvalue weighted by Gasteiger charge is -2.10. The molecule has 100 valence electrons. The second-order valence-electron chi connectivity index (χ2n) is 5.62. The fourth-order valence-corrected chi connectivity index (χ4v) is 3.33. The van der Waals surface area contributed by atoms with Crippen LogP contribution in [0.2, 0.25) is 0 Å². The number of rotatable bonds is 4. The number of aliphatic hydroxyl groups excluding tert-OH is 1. The lowest BCUT2D eigenvalue weighted by Crippen LogP contribution is -2.28. The normalized spacial score (nSPS) is 23.7. The smallest absolute Gasteiger partial charge is 0.240 e. The molecule has 1 fully saturated rings. The van der Waals surface area contributed by atoms with Gasteiger partial charge in [0.25, 0.3) is 0 Å². The summed E-state index contributed by atoms with van der Waals surface area (Å²) in [7, 11) is -3.49. The minimum Gasteiger partial charge on any atom is -0.389 e. The van der Waals surface area contributed by atoms with Gasteiger partial charge in [0.05, 0.1) is 11.0 Å². The molecule has 0 amide bonds. The summed E-state index contributed by atoms with van der Waals surface area (Å²) < 4.78 is 27.0.